The molecular formula is C14H19N3O3. The van der Waals surface area contributed by atoms with Crippen LogP contribution in [0.5, 0.6) is 0 Å². The van der Waals surface area contributed by atoms with Gasteiger partial charge in [0, 0.05) is 30.8 Å². The second-order valence-corrected chi connectivity index (χ2v) is 5.23. The molecule has 20 heavy (non-hydrogen) atoms. The predicted octanol–water partition coefficient (Wildman–Crippen LogP) is 1.71. The maximum Gasteiger partial charge on any atom is 0.270 e. The Morgan fingerprint density at radius 3 is 2.65 bits per heavy atom. The number of benzene rings is 1. The zero-order chi connectivity index (χ0) is 14.7. The molecule has 0 saturated carbocycles. The minimum Gasteiger partial charge on any atom is -0.339 e. The van der Waals surface area contributed by atoms with Crippen LogP contribution >= 0.6 is 0 Å². The van der Waals surface area contributed by atoms with Gasteiger partial charge >= 0.3 is 0 Å². The standard InChI is InChI=1S/C14H19N3O3/c1-10-2-3-12(17(19)20)8-13(10)14(18)16-6-4-11(9-15)5-7-16/h2-3,8,11H,4-7,9,15H2,1H3. The fraction of sp³-hybridized carbons (Fsp3) is 0.500. The van der Waals surface area contributed by atoms with Crippen molar-refractivity contribution in [3.63, 3.8) is 0 Å². The van der Waals surface area contributed by atoms with E-state index in [4.69, 9.17) is 5.73 Å². The molecule has 1 aromatic carbocycles. The summed E-state index contributed by atoms with van der Waals surface area (Å²) in [7, 11) is 0. The van der Waals surface area contributed by atoms with Crippen molar-refractivity contribution in [2.24, 2.45) is 11.7 Å². The molecule has 2 rings (SSSR count). The number of nitrogens with zero attached hydrogens (tertiary/aromatic N) is 2. The molecular weight excluding hydrogens is 258 g/mol. The molecule has 0 aromatic heterocycles. The number of amides is 1. The molecule has 0 radical (unpaired) electrons. The minimum absolute atomic E-state index is 0.0456. The number of hydrogen-bond donors (Lipinski definition) is 1. The lowest BCUT2D eigenvalue weighted by Gasteiger charge is -2.31. The molecule has 2 N–H and O–H groups in total. The Morgan fingerprint density at radius 1 is 1.45 bits per heavy atom. The summed E-state index contributed by atoms with van der Waals surface area (Å²) in [5, 5.41) is 10.8. The number of nitro groups is 1. The van der Waals surface area contributed by atoms with Gasteiger partial charge in [0.15, 0.2) is 0 Å². The van der Waals surface area contributed by atoms with Gasteiger partial charge in [-0.05, 0) is 37.8 Å². The predicted molar refractivity (Wildman–Crippen MR) is 75.5 cm³/mol. The number of carbonyl (C=O) groups excluding carboxylic acids is 1. The van der Waals surface area contributed by atoms with Crippen molar-refractivity contribution in [1.29, 1.82) is 0 Å². The smallest absolute Gasteiger partial charge is 0.270 e. The van der Waals surface area contributed by atoms with Gasteiger partial charge in [-0.2, -0.15) is 0 Å². The Bertz CT molecular complexity index is 522. The number of non-ortho nitro benzene ring substituents is 1. The van der Waals surface area contributed by atoms with Crippen molar-refractivity contribution in [2.45, 2.75) is 19.8 Å². The molecule has 1 aromatic rings. The first-order valence-electron chi connectivity index (χ1n) is 6.77. The first-order valence-corrected chi connectivity index (χ1v) is 6.77. The molecule has 0 spiro atoms. The molecule has 1 heterocycles. The lowest BCUT2D eigenvalue weighted by Crippen LogP contribution is -2.40. The zero-order valence-electron chi connectivity index (χ0n) is 11.5. The van der Waals surface area contributed by atoms with Crippen molar-refractivity contribution in [1.82, 2.24) is 4.90 Å². The monoisotopic (exact) mass is 277 g/mol. The minimum atomic E-state index is -0.475. The Kier molecular flexibility index (Phi) is 4.34. The lowest BCUT2D eigenvalue weighted by atomic mass is 9.96. The average Bonchev–Trinajstić information content (AvgIpc) is 2.47. The van der Waals surface area contributed by atoms with Crippen LogP contribution in [0.1, 0.15) is 28.8 Å². The van der Waals surface area contributed by atoms with E-state index in [1.54, 1.807) is 17.9 Å². The molecule has 6 heteroatoms. The summed E-state index contributed by atoms with van der Waals surface area (Å²) in [6.45, 7) is 3.78. The highest BCUT2D eigenvalue weighted by Crippen LogP contribution is 2.22. The SMILES string of the molecule is Cc1ccc([N+](=O)[O-])cc1C(=O)N1CCC(CN)CC1. The van der Waals surface area contributed by atoms with Gasteiger partial charge in [-0.1, -0.05) is 6.07 Å². The van der Waals surface area contributed by atoms with Crippen molar-refractivity contribution in [3.8, 4) is 0 Å². The number of rotatable bonds is 3. The first-order chi connectivity index (χ1) is 9.52. The normalized spacial score (nSPS) is 16.2. The molecule has 108 valence electrons. The second kappa shape index (κ2) is 6.00. The third kappa shape index (κ3) is 2.96. The van der Waals surface area contributed by atoms with E-state index in [0.717, 1.165) is 18.4 Å². The van der Waals surface area contributed by atoms with Gasteiger partial charge in [-0.15, -0.1) is 0 Å². The highest BCUT2D eigenvalue weighted by Gasteiger charge is 2.24. The van der Waals surface area contributed by atoms with Crippen molar-refractivity contribution >= 4 is 11.6 Å². The molecule has 0 bridgehead atoms. The van der Waals surface area contributed by atoms with Crippen LogP contribution in [0.25, 0.3) is 0 Å². The number of hydrogen-bond acceptors (Lipinski definition) is 4. The van der Waals surface area contributed by atoms with Gasteiger partial charge in [-0.25, -0.2) is 0 Å². The summed E-state index contributed by atoms with van der Waals surface area (Å²) >= 11 is 0. The third-order valence-corrected chi connectivity index (χ3v) is 3.90. The molecule has 6 nitrogen and oxygen atoms in total. The molecule has 1 fully saturated rings. The largest absolute Gasteiger partial charge is 0.339 e. The van der Waals surface area contributed by atoms with Crippen molar-refractivity contribution < 1.29 is 9.72 Å². The van der Waals surface area contributed by atoms with Gasteiger partial charge in [0.25, 0.3) is 11.6 Å². The van der Waals surface area contributed by atoms with Gasteiger partial charge in [0.1, 0.15) is 0 Å². The summed E-state index contributed by atoms with van der Waals surface area (Å²) in [5.41, 5.74) is 6.78. The molecule has 0 unspecified atom stereocenters. The van der Waals surface area contributed by atoms with Gasteiger partial charge in [0.05, 0.1) is 4.92 Å². The highest BCUT2D eigenvalue weighted by atomic mass is 16.6. The Labute approximate surface area is 117 Å². The number of aryl methyl sites for hydroxylation is 1. The van der Waals surface area contributed by atoms with E-state index in [1.165, 1.54) is 12.1 Å². The van der Waals surface area contributed by atoms with Crippen molar-refractivity contribution in [2.75, 3.05) is 19.6 Å². The third-order valence-electron chi connectivity index (χ3n) is 3.90. The number of likely N-dealkylation sites (tertiary alicyclic amines) is 1. The van der Waals surface area contributed by atoms with E-state index in [9.17, 15) is 14.9 Å². The summed E-state index contributed by atoms with van der Waals surface area (Å²) in [6, 6.07) is 4.41. The fourth-order valence-corrected chi connectivity index (χ4v) is 2.50. The van der Waals surface area contributed by atoms with Crippen LogP contribution < -0.4 is 5.73 Å². The highest BCUT2D eigenvalue weighted by molar-refractivity contribution is 5.96. The quantitative estimate of drug-likeness (QED) is 0.672. The van der Waals surface area contributed by atoms with Gasteiger partial charge < -0.3 is 10.6 Å². The van der Waals surface area contributed by atoms with E-state index in [2.05, 4.69) is 0 Å². The summed E-state index contributed by atoms with van der Waals surface area (Å²) in [4.78, 5) is 24.6. The maximum absolute atomic E-state index is 12.5. The number of carbonyl (C=O) groups is 1. The Balaban J connectivity index is 2.17. The van der Waals surface area contributed by atoms with E-state index in [1.807, 2.05) is 0 Å². The van der Waals surface area contributed by atoms with Crippen LogP contribution in [0, 0.1) is 23.0 Å². The fourth-order valence-electron chi connectivity index (χ4n) is 2.50. The van der Waals surface area contributed by atoms with E-state index < -0.39 is 4.92 Å². The van der Waals surface area contributed by atoms with E-state index >= 15 is 0 Å². The zero-order valence-corrected chi connectivity index (χ0v) is 11.5. The van der Waals surface area contributed by atoms with Crippen molar-refractivity contribution in [3.05, 3.63) is 39.4 Å². The first kappa shape index (κ1) is 14.5. The number of nitrogens with two attached hydrogens (primary N) is 1. The van der Waals surface area contributed by atoms with Gasteiger partial charge in [-0.3, -0.25) is 14.9 Å². The van der Waals surface area contributed by atoms with E-state index in [-0.39, 0.29) is 11.6 Å². The molecule has 1 saturated heterocycles. The van der Waals surface area contributed by atoms with Crippen LogP contribution in [0.3, 0.4) is 0 Å². The number of piperidine rings is 1. The molecule has 0 atom stereocenters. The molecule has 1 aliphatic heterocycles. The number of nitro benzene ring substituents is 1. The van der Waals surface area contributed by atoms with Crippen LogP contribution in [-0.2, 0) is 0 Å². The van der Waals surface area contributed by atoms with Crippen LogP contribution in [0.4, 0.5) is 5.69 Å². The summed E-state index contributed by atoms with van der Waals surface area (Å²) < 4.78 is 0. The van der Waals surface area contributed by atoms with Crippen LogP contribution in [0.2, 0.25) is 0 Å². The maximum atomic E-state index is 12.5. The molecule has 1 amide bonds. The summed E-state index contributed by atoms with van der Waals surface area (Å²) in [6.07, 6.45) is 1.80. The van der Waals surface area contributed by atoms with Gasteiger partial charge in [0.2, 0.25) is 0 Å². The molecule has 1 aliphatic rings. The topological polar surface area (TPSA) is 89.5 Å². The summed E-state index contributed by atoms with van der Waals surface area (Å²) in [5.74, 6) is 0.354. The second-order valence-electron chi connectivity index (χ2n) is 5.23. The Morgan fingerprint density at radius 2 is 2.10 bits per heavy atom. The lowest BCUT2D eigenvalue weighted by molar-refractivity contribution is -0.384. The van der Waals surface area contributed by atoms with Crippen LogP contribution in [-0.4, -0.2) is 35.4 Å². The van der Waals surface area contributed by atoms with E-state index in [0.29, 0.717) is 31.1 Å². The average molecular weight is 277 g/mol. The van der Waals surface area contributed by atoms with Crippen LogP contribution in [0.15, 0.2) is 18.2 Å². The Hall–Kier alpha value is -1.95. The molecule has 0 aliphatic carbocycles.